The number of urea groups is 1. The average Bonchev–Trinajstić information content (AvgIpc) is 3.31. The van der Waals surface area contributed by atoms with Crippen molar-refractivity contribution >= 4 is 11.6 Å². The zero-order valence-corrected chi connectivity index (χ0v) is 25.7. The number of amides is 2. The van der Waals surface area contributed by atoms with Gasteiger partial charge in [0.15, 0.2) is 0 Å². The molecule has 8 unspecified atom stereocenters. The molecule has 0 spiro atoms. The molecule has 0 heterocycles. The second-order valence-electron chi connectivity index (χ2n) is 15.5. The van der Waals surface area contributed by atoms with Crippen LogP contribution >= 0.6 is 0 Å². The maximum Gasteiger partial charge on any atom is 0.315 e. The topological polar surface area (TPSA) is 41.1 Å². The van der Waals surface area contributed by atoms with Crippen molar-refractivity contribution < 1.29 is 4.79 Å². The van der Waals surface area contributed by atoms with Crippen LogP contribution in [0.25, 0.3) is 5.57 Å². The highest BCUT2D eigenvalue weighted by molar-refractivity contribution is 5.75. The van der Waals surface area contributed by atoms with E-state index in [1.54, 1.807) is 5.57 Å². The minimum Gasteiger partial charge on any atom is -0.338 e. The van der Waals surface area contributed by atoms with Crippen molar-refractivity contribution in [3.8, 4) is 0 Å². The van der Waals surface area contributed by atoms with E-state index in [2.05, 4.69) is 82.5 Å². The number of nitrogens with one attached hydrogen (secondary N) is 2. The second-order valence-corrected chi connectivity index (χ2v) is 15.5. The van der Waals surface area contributed by atoms with Gasteiger partial charge in [-0.05, 0) is 128 Å². The molecule has 4 saturated carbocycles. The summed E-state index contributed by atoms with van der Waals surface area (Å²) in [6.07, 6.45) is 16.6. The molecule has 214 valence electrons. The first-order chi connectivity index (χ1) is 18.5. The van der Waals surface area contributed by atoms with Crippen LogP contribution in [-0.2, 0) is 0 Å². The molecule has 8 atom stereocenters. The summed E-state index contributed by atoms with van der Waals surface area (Å²) in [5.41, 5.74) is 5.41. The van der Waals surface area contributed by atoms with Crippen molar-refractivity contribution in [3.05, 3.63) is 41.5 Å². The molecule has 2 amide bonds. The van der Waals surface area contributed by atoms with Gasteiger partial charge in [-0.25, -0.2) is 4.79 Å². The smallest absolute Gasteiger partial charge is 0.315 e. The Morgan fingerprint density at radius 3 is 2.38 bits per heavy atom. The molecule has 1 aromatic rings. The number of allylic oxidation sites excluding steroid dienone is 2. The molecule has 2 N–H and O–H groups in total. The van der Waals surface area contributed by atoms with Crippen molar-refractivity contribution in [1.29, 1.82) is 0 Å². The number of fused-ring (bicyclic) bond motifs is 7. The fourth-order valence-electron chi connectivity index (χ4n) is 11.8. The molecule has 0 aromatic heterocycles. The molecule has 0 saturated heterocycles. The summed E-state index contributed by atoms with van der Waals surface area (Å²) in [6, 6.07) is 9.36. The van der Waals surface area contributed by atoms with Gasteiger partial charge in [-0.15, -0.1) is 0 Å². The molecular formula is C36H54N2O. The van der Waals surface area contributed by atoms with Gasteiger partial charge >= 0.3 is 6.03 Å². The average molecular weight is 531 g/mol. The molecular weight excluding hydrogens is 476 g/mol. The Labute approximate surface area is 238 Å². The Balaban J connectivity index is 1.27. The van der Waals surface area contributed by atoms with E-state index >= 15 is 0 Å². The third kappa shape index (κ3) is 4.14. The quantitative estimate of drug-likeness (QED) is 0.401. The molecule has 0 bridgehead atoms. The lowest BCUT2D eigenvalue weighted by molar-refractivity contribution is -0.172. The van der Waals surface area contributed by atoms with E-state index in [0.717, 1.165) is 36.6 Å². The number of aryl methyl sites for hydroxylation is 1. The van der Waals surface area contributed by atoms with Crippen molar-refractivity contribution in [2.45, 2.75) is 118 Å². The normalized spacial score (nSPS) is 42.3. The molecule has 5 aliphatic carbocycles. The lowest BCUT2D eigenvalue weighted by Gasteiger charge is -2.68. The summed E-state index contributed by atoms with van der Waals surface area (Å²) in [6.45, 7) is 15.6. The fraction of sp³-hybridized carbons (Fsp3) is 0.750. The van der Waals surface area contributed by atoms with Crippen LogP contribution in [-0.4, -0.2) is 18.1 Å². The number of hydrogen-bond donors (Lipinski definition) is 2. The van der Waals surface area contributed by atoms with Crippen LogP contribution < -0.4 is 10.6 Å². The van der Waals surface area contributed by atoms with Gasteiger partial charge in [-0.1, -0.05) is 76.9 Å². The van der Waals surface area contributed by atoms with E-state index in [1.165, 1.54) is 75.3 Å². The maximum absolute atomic E-state index is 12.8. The lowest BCUT2D eigenvalue weighted by atomic mass is 9.37. The van der Waals surface area contributed by atoms with Gasteiger partial charge in [-0.3, -0.25) is 0 Å². The first kappa shape index (κ1) is 27.4. The first-order valence-electron chi connectivity index (χ1n) is 16.4. The Bertz CT molecular complexity index is 1120. The van der Waals surface area contributed by atoms with Crippen LogP contribution in [0.2, 0.25) is 0 Å². The third-order valence-electron chi connectivity index (χ3n) is 13.4. The predicted octanol–water partition coefficient (Wildman–Crippen LogP) is 8.92. The Hall–Kier alpha value is -1.77. The number of carbonyl (C=O) groups is 1. The van der Waals surface area contributed by atoms with Gasteiger partial charge in [0.25, 0.3) is 0 Å². The molecule has 39 heavy (non-hydrogen) atoms. The standard InChI is InChI=1S/C36H54N2O/c1-7-23-37-32(39)38-36-19-8-9-29(36)26-14-15-31-34(5,28(26)17-22-36)21-18-30-33(3,4)27(16-20-35(30,31)6)25-12-10-24(2)11-13-25/h10-13,16,26,28-31H,7-9,14-15,17-23H2,1-6H3,(H2,37,38,39). The molecule has 0 aliphatic heterocycles. The summed E-state index contributed by atoms with van der Waals surface area (Å²) < 4.78 is 0. The minimum atomic E-state index is 0.0435. The third-order valence-corrected chi connectivity index (χ3v) is 13.4. The second kappa shape index (κ2) is 9.66. The summed E-state index contributed by atoms with van der Waals surface area (Å²) >= 11 is 0. The van der Waals surface area contributed by atoms with Gasteiger partial charge in [0.2, 0.25) is 0 Å². The van der Waals surface area contributed by atoms with Gasteiger partial charge in [-0.2, -0.15) is 0 Å². The van der Waals surface area contributed by atoms with Crippen molar-refractivity contribution in [2.75, 3.05) is 6.54 Å². The van der Waals surface area contributed by atoms with Crippen LogP contribution in [0.4, 0.5) is 4.79 Å². The summed E-state index contributed by atoms with van der Waals surface area (Å²) in [4.78, 5) is 12.8. The summed E-state index contributed by atoms with van der Waals surface area (Å²) in [7, 11) is 0. The van der Waals surface area contributed by atoms with Gasteiger partial charge in [0.1, 0.15) is 0 Å². The first-order valence-corrected chi connectivity index (χ1v) is 16.4. The zero-order chi connectivity index (χ0) is 27.6. The molecule has 4 fully saturated rings. The Kier molecular flexibility index (Phi) is 6.79. The number of hydrogen-bond acceptors (Lipinski definition) is 1. The van der Waals surface area contributed by atoms with Crippen LogP contribution in [0, 0.1) is 52.8 Å². The maximum atomic E-state index is 12.8. The van der Waals surface area contributed by atoms with Crippen molar-refractivity contribution in [2.24, 2.45) is 45.8 Å². The molecule has 5 aliphatic rings. The molecule has 3 nitrogen and oxygen atoms in total. The van der Waals surface area contributed by atoms with E-state index in [-0.39, 0.29) is 17.0 Å². The van der Waals surface area contributed by atoms with Crippen molar-refractivity contribution in [1.82, 2.24) is 10.6 Å². The van der Waals surface area contributed by atoms with Gasteiger partial charge < -0.3 is 10.6 Å². The Morgan fingerprint density at radius 2 is 1.64 bits per heavy atom. The Morgan fingerprint density at radius 1 is 0.872 bits per heavy atom. The van der Waals surface area contributed by atoms with Crippen molar-refractivity contribution in [3.63, 3.8) is 0 Å². The number of carbonyl (C=O) groups excluding carboxylic acids is 1. The van der Waals surface area contributed by atoms with Crippen LogP contribution in [0.1, 0.15) is 116 Å². The fourth-order valence-corrected chi connectivity index (χ4v) is 11.8. The lowest BCUT2D eigenvalue weighted by Crippen LogP contribution is -2.64. The SMILES string of the molecule is CCCNC(=O)NC12CCCC1C1CCC3C(C)(CCC4C(C)(C)C(c5ccc(C)cc5)=CCC43C)C1CC2. The number of benzene rings is 1. The van der Waals surface area contributed by atoms with Gasteiger partial charge in [0, 0.05) is 12.1 Å². The van der Waals surface area contributed by atoms with E-state index in [0.29, 0.717) is 16.7 Å². The largest absolute Gasteiger partial charge is 0.338 e. The van der Waals surface area contributed by atoms with Crippen LogP contribution in [0.15, 0.2) is 30.3 Å². The van der Waals surface area contributed by atoms with E-state index in [9.17, 15) is 4.79 Å². The molecule has 0 radical (unpaired) electrons. The zero-order valence-electron chi connectivity index (χ0n) is 25.7. The van der Waals surface area contributed by atoms with Gasteiger partial charge in [0.05, 0.1) is 0 Å². The highest BCUT2D eigenvalue weighted by Crippen LogP contribution is 2.72. The minimum absolute atomic E-state index is 0.0435. The summed E-state index contributed by atoms with van der Waals surface area (Å²) in [5, 5.41) is 6.69. The summed E-state index contributed by atoms with van der Waals surface area (Å²) in [5.74, 6) is 3.80. The van der Waals surface area contributed by atoms with E-state index < -0.39 is 0 Å². The van der Waals surface area contributed by atoms with E-state index in [1.807, 2.05) is 0 Å². The highest BCUT2D eigenvalue weighted by Gasteiger charge is 2.65. The predicted molar refractivity (Wildman–Crippen MR) is 162 cm³/mol. The number of rotatable bonds is 4. The molecule has 6 rings (SSSR count). The molecule has 3 heteroatoms. The van der Waals surface area contributed by atoms with Crippen LogP contribution in [0.3, 0.4) is 0 Å². The highest BCUT2D eigenvalue weighted by atomic mass is 16.2. The monoisotopic (exact) mass is 530 g/mol. The molecule has 1 aromatic carbocycles. The van der Waals surface area contributed by atoms with E-state index in [4.69, 9.17) is 0 Å². The van der Waals surface area contributed by atoms with Crippen LogP contribution in [0.5, 0.6) is 0 Å².